The van der Waals surface area contributed by atoms with Crippen LogP contribution in [0.15, 0.2) is 54.1 Å². The third-order valence-electron chi connectivity index (χ3n) is 11.0. The predicted octanol–water partition coefficient (Wildman–Crippen LogP) is 6.55. The zero-order valence-electron chi connectivity index (χ0n) is 28.4. The fraction of sp³-hybridized carbons (Fsp3) is 0.361. The van der Waals surface area contributed by atoms with Gasteiger partial charge in [-0.3, -0.25) is 24.2 Å². The summed E-state index contributed by atoms with van der Waals surface area (Å²) in [5.41, 5.74) is -2.03. The number of aromatic nitrogens is 1. The van der Waals surface area contributed by atoms with Crippen LogP contribution in [0.25, 0.3) is 0 Å². The molecule has 6 atom stereocenters. The first-order valence-corrected chi connectivity index (χ1v) is 17.0. The lowest BCUT2D eigenvalue weighted by molar-refractivity contribution is -0.141. The monoisotopic (exact) mass is 776 g/mol. The Morgan fingerprint density at radius 3 is 2.21 bits per heavy atom. The Morgan fingerprint density at radius 2 is 1.60 bits per heavy atom. The number of carbonyl (C=O) groups excluding carboxylic acids is 4. The van der Waals surface area contributed by atoms with Crippen molar-refractivity contribution in [3.05, 3.63) is 81.2 Å². The van der Waals surface area contributed by atoms with Gasteiger partial charge in [-0.05, 0) is 56.0 Å². The Balaban J connectivity index is 1.38. The highest BCUT2D eigenvalue weighted by molar-refractivity contribution is 6.33. The number of anilines is 2. The zero-order chi connectivity index (χ0) is 38.5. The molecule has 2 saturated heterocycles. The van der Waals surface area contributed by atoms with Crippen molar-refractivity contribution in [1.29, 1.82) is 0 Å². The number of hydrogen-bond donors (Lipinski definition) is 1. The molecule has 53 heavy (non-hydrogen) atoms. The number of phenols is 1. The highest BCUT2D eigenvalue weighted by Gasteiger charge is 2.68. The second kappa shape index (κ2) is 12.6. The average Bonchev–Trinajstić information content (AvgIpc) is 3.48. The van der Waals surface area contributed by atoms with Crippen LogP contribution in [0.4, 0.5) is 29.1 Å². The van der Waals surface area contributed by atoms with Crippen molar-refractivity contribution in [3.63, 3.8) is 0 Å². The molecule has 0 spiro atoms. The number of nitrogens with zero attached hydrogens (tertiary/aromatic N) is 4. The highest BCUT2D eigenvalue weighted by atomic mass is 35.5. The molecular formula is C36H30Cl2F4N4O7. The maximum atomic E-state index is 14.7. The van der Waals surface area contributed by atoms with Crippen molar-refractivity contribution in [1.82, 2.24) is 9.99 Å². The third kappa shape index (κ3) is 5.33. The number of hydrazine groups is 1. The molecule has 11 nitrogen and oxygen atoms in total. The Labute approximate surface area is 309 Å². The first-order chi connectivity index (χ1) is 24.9. The maximum Gasteiger partial charge on any atom is 0.433 e. The minimum atomic E-state index is -4.84. The van der Waals surface area contributed by atoms with Crippen molar-refractivity contribution < 1.29 is 51.3 Å². The van der Waals surface area contributed by atoms with Crippen LogP contribution in [0.5, 0.6) is 17.2 Å². The predicted molar refractivity (Wildman–Crippen MR) is 182 cm³/mol. The van der Waals surface area contributed by atoms with E-state index in [-0.39, 0.29) is 45.8 Å². The summed E-state index contributed by atoms with van der Waals surface area (Å²) in [6, 6.07) is 7.71. The van der Waals surface area contributed by atoms with E-state index >= 15 is 0 Å². The number of amides is 4. The minimum Gasteiger partial charge on any atom is -0.508 e. The second-order valence-electron chi connectivity index (χ2n) is 13.5. The van der Waals surface area contributed by atoms with Gasteiger partial charge in [-0.25, -0.2) is 14.3 Å². The molecule has 2 aromatic carbocycles. The van der Waals surface area contributed by atoms with Crippen LogP contribution in [0.3, 0.4) is 0 Å². The van der Waals surface area contributed by atoms with E-state index in [0.717, 1.165) is 33.1 Å². The summed E-state index contributed by atoms with van der Waals surface area (Å²) >= 11 is 12.3. The standard InChI is InChI=1S/C36H30Cl2F4N4O7/c1-35-20(32(49)45(34(35)51)15-5-9-23(39)22(38)11-15)14-19-17(29(35)28-24(52-3)12-16(47)13-25(28)53-4)6-7-18-27(19)33(50)46(31(18)48)44(2)30-21(37)8-10-26(43-30)36(40,41)42/h5-6,8-13,18-20,27,29,47H,7,14H2,1-4H3/t18-,19+,20-,27-,29+,35+/m0/s1. The number of fused-ring (bicyclic) bond motifs is 4. The number of aromatic hydroxyl groups is 1. The molecule has 7 rings (SSSR count). The normalized spacial score (nSPS) is 26.7. The van der Waals surface area contributed by atoms with Gasteiger partial charge in [0.25, 0.3) is 11.8 Å². The number of imide groups is 2. The summed E-state index contributed by atoms with van der Waals surface area (Å²) < 4.78 is 66.4. The van der Waals surface area contributed by atoms with Gasteiger partial charge in [-0.2, -0.15) is 18.2 Å². The molecule has 0 radical (unpaired) electrons. The van der Waals surface area contributed by atoms with Gasteiger partial charge < -0.3 is 14.6 Å². The molecule has 2 aliphatic heterocycles. The Kier molecular flexibility index (Phi) is 8.68. The van der Waals surface area contributed by atoms with Gasteiger partial charge in [-0.1, -0.05) is 34.9 Å². The lowest BCUT2D eigenvalue weighted by Gasteiger charge is -2.49. The van der Waals surface area contributed by atoms with Crippen molar-refractivity contribution in [2.24, 2.45) is 29.1 Å². The van der Waals surface area contributed by atoms with Crippen LogP contribution >= 0.6 is 23.2 Å². The first kappa shape index (κ1) is 36.5. The summed E-state index contributed by atoms with van der Waals surface area (Å²) in [4.78, 5) is 62.3. The first-order valence-electron chi connectivity index (χ1n) is 16.3. The number of allylic oxidation sites excluding steroid dienone is 2. The Bertz CT molecular complexity index is 2120. The number of pyridine rings is 1. The number of halogens is 6. The number of methoxy groups -OCH3 is 2. The van der Waals surface area contributed by atoms with Gasteiger partial charge in [-0.15, -0.1) is 0 Å². The molecule has 1 aromatic heterocycles. The van der Waals surface area contributed by atoms with Gasteiger partial charge in [0.1, 0.15) is 28.8 Å². The van der Waals surface area contributed by atoms with E-state index in [4.69, 9.17) is 32.7 Å². The van der Waals surface area contributed by atoms with Crippen molar-refractivity contribution in [2.75, 3.05) is 31.2 Å². The Morgan fingerprint density at radius 1 is 0.943 bits per heavy atom. The van der Waals surface area contributed by atoms with Crippen molar-refractivity contribution >= 4 is 58.3 Å². The topological polar surface area (TPSA) is 130 Å². The zero-order valence-corrected chi connectivity index (χ0v) is 29.9. The highest BCUT2D eigenvalue weighted by Crippen LogP contribution is 2.66. The van der Waals surface area contributed by atoms with E-state index in [2.05, 4.69) is 4.98 Å². The number of phenolic OH excluding ortho intramolecular Hbond substituents is 1. The van der Waals surface area contributed by atoms with Crippen molar-refractivity contribution in [3.8, 4) is 17.2 Å². The second-order valence-corrected chi connectivity index (χ2v) is 14.3. The van der Waals surface area contributed by atoms with Gasteiger partial charge >= 0.3 is 6.18 Å². The number of benzene rings is 2. The molecule has 3 fully saturated rings. The average molecular weight is 778 g/mol. The minimum absolute atomic E-state index is 0.00541. The van der Waals surface area contributed by atoms with Crippen LogP contribution < -0.4 is 19.4 Å². The Hall–Kier alpha value is -4.89. The lowest BCUT2D eigenvalue weighted by atomic mass is 9.51. The number of ether oxygens (including phenoxy) is 2. The third-order valence-corrected chi connectivity index (χ3v) is 11.5. The van der Waals surface area contributed by atoms with Gasteiger partial charge in [0.2, 0.25) is 11.8 Å². The fourth-order valence-electron chi connectivity index (χ4n) is 8.59. The molecule has 3 aromatic rings. The molecule has 4 amide bonds. The number of rotatable bonds is 6. The molecule has 3 heterocycles. The van der Waals surface area contributed by atoms with Gasteiger partial charge in [0.15, 0.2) is 5.82 Å². The summed E-state index contributed by atoms with van der Waals surface area (Å²) in [5.74, 6) is -9.16. The molecule has 17 heteroatoms. The molecule has 4 aliphatic rings. The van der Waals surface area contributed by atoms with Gasteiger partial charge in [0.05, 0.1) is 53.1 Å². The molecule has 0 unspecified atom stereocenters. The molecule has 1 saturated carbocycles. The fourth-order valence-corrected chi connectivity index (χ4v) is 9.00. The van der Waals surface area contributed by atoms with Crippen LogP contribution in [-0.2, 0) is 25.4 Å². The van der Waals surface area contributed by atoms with E-state index in [1.54, 1.807) is 13.0 Å². The van der Waals surface area contributed by atoms with Crippen LogP contribution in [0.1, 0.15) is 36.9 Å². The van der Waals surface area contributed by atoms with Crippen LogP contribution in [-0.4, -0.2) is 60.0 Å². The summed E-state index contributed by atoms with van der Waals surface area (Å²) in [5, 5.41) is 11.6. The SMILES string of the molecule is COc1cc(O)cc(OC)c1[C@H]1C2=CC[C@@H]3C(=O)N(N(C)c4nc(C(F)(F)F)ccc4Cl)C(=O)[C@@H]3[C@@H]2C[C@H]2C(=O)N(c3ccc(F)c(Cl)c3)C(=O)[C@@]12C. The number of hydrogen-bond acceptors (Lipinski definition) is 9. The smallest absolute Gasteiger partial charge is 0.433 e. The maximum absolute atomic E-state index is 14.7. The van der Waals surface area contributed by atoms with E-state index in [0.29, 0.717) is 17.2 Å². The molecule has 0 bridgehead atoms. The van der Waals surface area contributed by atoms with Crippen LogP contribution in [0, 0.1) is 34.9 Å². The van der Waals surface area contributed by atoms with Gasteiger partial charge in [0, 0.05) is 30.7 Å². The van der Waals surface area contributed by atoms with E-state index in [9.17, 15) is 41.8 Å². The summed E-state index contributed by atoms with van der Waals surface area (Å²) in [7, 11) is 3.89. The van der Waals surface area contributed by atoms with E-state index in [1.165, 1.54) is 39.5 Å². The molecule has 2 aliphatic carbocycles. The quantitative estimate of drug-likeness (QED) is 0.168. The van der Waals surface area contributed by atoms with E-state index < -0.39 is 82.1 Å². The van der Waals surface area contributed by atoms with Crippen LogP contribution in [0.2, 0.25) is 10.0 Å². The molecule has 278 valence electrons. The summed E-state index contributed by atoms with van der Waals surface area (Å²) in [6.07, 6.45) is -3.19. The lowest BCUT2D eigenvalue weighted by Crippen LogP contribution is -2.49. The summed E-state index contributed by atoms with van der Waals surface area (Å²) in [6.45, 7) is 1.60. The number of alkyl halides is 3. The molecular weight excluding hydrogens is 747 g/mol. The van der Waals surface area contributed by atoms with E-state index in [1.807, 2.05) is 0 Å². The number of carbonyl (C=O) groups is 4. The largest absolute Gasteiger partial charge is 0.508 e. The molecule has 1 N–H and O–H groups in total. The van der Waals surface area contributed by atoms with Crippen molar-refractivity contribution in [2.45, 2.75) is 31.9 Å².